The summed E-state index contributed by atoms with van der Waals surface area (Å²) in [6.45, 7) is 3.16. The number of esters is 1. The predicted molar refractivity (Wildman–Crippen MR) is 121 cm³/mol. The maximum absolute atomic E-state index is 12.9. The van der Waals surface area contributed by atoms with Crippen LogP contribution in [0, 0.1) is 22.7 Å². The van der Waals surface area contributed by atoms with Gasteiger partial charge in [-0.2, -0.15) is 0 Å². The van der Waals surface area contributed by atoms with Crippen molar-refractivity contribution in [3.63, 3.8) is 0 Å². The van der Waals surface area contributed by atoms with E-state index in [2.05, 4.69) is 0 Å². The van der Waals surface area contributed by atoms with Crippen LogP contribution in [-0.4, -0.2) is 62.2 Å². The molecule has 9 heteroatoms. The largest absolute Gasteiger partial charge is 0.461 e. The Morgan fingerprint density at radius 1 is 1.14 bits per heavy atom. The Labute approximate surface area is 203 Å². The Hall–Kier alpha value is -2.07. The molecule has 192 valence electrons. The molecule has 4 N–H and O–H groups in total. The third-order valence-corrected chi connectivity index (χ3v) is 10.1. The second-order valence-electron chi connectivity index (χ2n) is 11.5. The SMILES string of the molecule is CC(=O)O[C@@H]1C[C@H](O)C[C@@]2(O)CC[C@@H]3[C@H](CC[C@]4(C)[C@@H](c5ccc(=O)oc5)[C@@H](O)C[C@]34O)[C@@]12C=O. The maximum Gasteiger partial charge on any atom is 0.335 e. The molecular formula is C26H34O9. The molecule has 0 amide bonds. The summed E-state index contributed by atoms with van der Waals surface area (Å²) in [6.07, 6.45) is 0.746. The van der Waals surface area contributed by atoms with Gasteiger partial charge in [-0.25, -0.2) is 4.79 Å². The van der Waals surface area contributed by atoms with Gasteiger partial charge in [0, 0.05) is 43.6 Å². The molecule has 0 aromatic carbocycles. The third kappa shape index (κ3) is 3.17. The summed E-state index contributed by atoms with van der Waals surface area (Å²) in [6, 6.07) is 2.92. The molecule has 35 heavy (non-hydrogen) atoms. The maximum atomic E-state index is 12.9. The van der Waals surface area contributed by atoms with E-state index in [9.17, 15) is 34.8 Å². The van der Waals surface area contributed by atoms with Gasteiger partial charge >= 0.3 is 11.6 Å². The molecule has 0 aliphatic heterocycles. The average Bonchev–Trinajstić information content (AvgIpc) is 2.98. The zero-order valence-corrected chi connectivity index (χ0v) is 20.1. The Morgan fingerprint density at radius 2 is 1.86 bits per heavy atom. The summed E-state index contributed by atoms with van der Waals surface area (Å²) >= 11 is 0. The zero-order valence-electron chi connectivity index (χ0n) is 20.1. The molecule has 9 nitrogen and oxygen atoms in total. The van der Waals surface area contributed by atoms with Crippen molar-refractivity contribution in [3.8, 4) is 0 Å². The number of carbonyl (C=O) groups excluding carboxylic acids is 2. The summed E-state index contributed by atoms with van der Waals surface area (Å²) < 4.78 is 10.6. The highest BCUT2D eigenvalue weighted by Crippen LogP contribution is 2.71. The topological polar surface area (TPSA) is 154 Å². The van der Waals surface area contributed by atoms with Crippen LogP contribution in [0.5, 0.6) is 0 Å². The molecule has 0 bridgehead atoms. The van der Waals surface area contributed by atoms with Gasteiger partial charge in [0.25, 0.3) is 0 Å². The van der Waals surface area contributed by atoms with Crippen LogP contribution >= 0.6 is 0 Å². The Bertz CT molecular complexity index is 1060. The predicted octanol–water partition coefficient (Wildman–Crippen LogP) is 1.05. The van der Waals surface area contributed by atoms with E-state index in [-0.39, 0.29) is 25.7 Å². The normalized spacial score (nSPS) is 48.9. The standard InChI is InChI=1S/C26H34O9/c1-14(28)35-20-9-16(29)10-24(32)8-6-18-17(25(20,24)13-27)5-7-23(2)22(19(30)11-26(18,23)33)15-3-4-21(31)34-12-15/h3-4,12-13,16-20,22,29-30,32-33H,5-11H2,1-2H3/t16-,17-,18+,19-,20+,22-,23+,24-,25-,26-/m0/s1. The number of aliphatic hydroxyl groups excluding tert-OH is 2. The number of ether oxygens (including phenoxy) is 1. The van der Waals surface area contributed by atoms with Crippen molar-refractivity contribution < 1.29 is 39.2 Å². The zero-order chi connectivity index (χ0) is 25.4. The number of rotatable bonds is 3. The Kier molecular flexibility index (Phi) is 5.60. The van der Waals surface area contributed by atoms with Crippen LogP contribution in [0.2, 0.25) is 0 Å². The van der Waals surface area contributed by atoms with Crippen LogP contribution in [0.3, 0.4) is 0 Å². The van der Waals surface area contributed by atoms with E-state index < -0.39 is 69.7 Å². The highest BCUT2D eigenvalue weighted by molar-refractivity contribution is 5.70. The van der Waals surface area contributed by atoms with E-state index in [1.54, 1.807) is 6.07 Å². The van der Waals surface area contributed by atoms with Gasteiger partial charge < -0.3 is 34.4 Å². The molecule has 1 aromatic heterocycles. The Morgan fingerprint density at radius 3 is 2.49 bits per heavy atom. The van der Waals surface area contributed by atoms with Crippen molar-refractivity contribution in [1.29, 1.82) is 0 Å². The van der Waals surface area contributed by atoms with E-state index in [0.29, 0.717) is 31.1 Å². The van der Waals surface area contributed by atoms with Crippen LogP contribution in [0.25, 0.3) is 0 Å². The molecule has 4 fully saturated rings. The molecule has 4 aliphatic rings. The van der Waals surface area contributed by atoms with Gasteiger partial charge in [0.15, 0.2) is 0 Å². The third-order valence-electron chi connectivity index (χ3n) is 10.1. The molecule has 4 saturated carbocycles. The molecule has 4 aliphatic carbocycles. The minimum absolute atomic E-state index is 0.00325. The number of aliphatic hydroxyl groups is 4. The van der Waals surface area contributed by atoms with Crippen LogP contribution in [0.15, 0.2) is 27.6 Å². The number of carbonyl (C=O) groups is 2. The lowest BCUT2D eigenvalue weighted by molar-refractivity contribution is -0.274. The summed E-state index contributed by atoms with van der Waals surface area (Å²) in [4.78, 5) is 36.4. The van der Waals surface area contributed by atoms with E-state index in [4.69, 9.17) is 9.15 Å². The summed E-state index contributed by atoms with van der Waals surface area (Å²) in [5.41, 5.74) is -5.06. The highest BCUT2D eigenvalue weighted by atomic mass is 16.5. The lowest BCUT2D eigenvalue weighted by Gasteiger charge is -2.66. The molecule has 0 radical (unpaired) electrons. The molecule has 5 rings (SSSR count). The number of aldehydes is 1. The minimum Gasteiger partial charge on any atom is -0.461 e. The fraction of sp³-hybridized carbons (Fsp3) is 0.731. The van der Waals surface area contributed by atoms with E-state index in [1.165, 1.54) is 19.3 Å². The van der Waals surface area contributed by atoms with Gasteiger partial charge in [-0.15, -0.1) is 0 Å². The smallest absolute Gasteiger partial charge is 0.335 e. The van der Waals surface area contributed by atoms with Crippen LogP contribution in [-0.2, 0) is 14.3 Å². The molecule has 10 atom stereocenters. The van der Waals surface area contributed by atoms with Crippen molar-refractivity contribution in [1.82, 2.24) is 0 Å². The van der Waals surface area contributed by atoms with Crippen LogP contribution < -0.4 is 5.63 Å². The number of hydrogen-bond acceptors (Lipinski definition) is 9. The average molecular weight is 491 g/mol. The molecule has 1 heterocycles. The first-order chi connectivity index (χ1) is 16.4. The van der Waals surface area contributed by atoms with Gasteiger partial charge in [0.2, 0.25) is 0 Å². The first-order valence-electron chi connectivity index (χ1n) is 12.4. The van der Waals surface area contributed by atoms with Gasteiger partial charge in [0.1, 0.15) is 12.4 Å². The van der Waals surface area contributed by atoms with Gasteiger partial charge in [-0.05, 0) is 49.1 Å². The van der Waals surface area contributed by atoms with Gasteiger partial charge in [0.05, 0.1) is 35.1 Å². The molecular weight excluding hydrogens is 456 g/mol. The van der Waals surface area contributed by atoms with Gasteiger partial charge in [-0.3, -0.25) is 4.79 Å². The molecule has 1 aromatic rings. The summed E-state index contributed by atoms with van der Waals surface area (Å²) in [7, 11) is 0. The molecule has 0 saturated heterocycles. The first kappa shape index (κ1) is 24.6. The number of hydrogen-bond donors (Lipinski definition) is 4. The van der Waals surface area contributed by atoms with Crippen LogP contribution in [0.4, 0.5) is 0 Å². The van der Waals surface area contributed by atoms with Crippen molar-refractivity contribution in [2.45, 2.75) is 94.2 Å². The minimum atomic E-state index is -1.57. The van der Waals surface area contributed by atoms with Crippen LogP contribution in [0.1, 0.15) is 70.3 Å². The molecule has 0 spiro atoms. The summed E-state index contributed by atoms with van der Waals surface area (Å²) in [5.74, 6) is -2.04. The lowest BCUT2D eigenvalue weighted by Crippen LogP contribution is -2.73. The second kappa shape index (κ2) is 7.96. The summed E-state index contributed by atoms with van der Waals surface area (Å²) in [5, 5.41) is 45.7. The van der Waals surface area contributed by atoms with Gasteiger partial charge in [-0.1, -0.05) is 6.92 Å². The lowest BCUT2D eigenvalue weighted by atomic mass is 9.41. The fourth-order valence-corrected chi connectivity index (χ4v) is 8.75. The monoisotopic (exact) mass is 490 g/mol. The van der Waals surface area contributed by atoms with E-state index in [1.807, 2.05) is 6.92 Å². The quantitative estimate of drug-likeness (QED) is 0.359. The van der Waals surface area contributed by atoms with E-state index >= 15 is 0 Å². The second-order valence-corrected chi connectivity index (χ2v) is 11.5. The van der Waals surface area contributed by atoms with Crippen molar-refractivity contribution >= 4 is 12.3 Å². The van der Waals surface area contributed by atoms with Crippen molar-refractivity contribution in [3.05, 3.63) is 34.4 Å². The van der Waals surface area contributed by atoms with Crippen molar-refractivity contribution in [2.75, 3.05) is 0 Å². The fourth-order valence-electron chi connectivity index (χ4n) is 8.75. The van der Waals surface area contributed by atoms with E-state index in [0.717, 1.165) is 0 Å². The first-order valence-corrected chi connectivity index (χ1v) is 12.4. The molecule has 0 unspecified atom stereocenters. The number of fused-ring (bicyclic) bond motifs is 5. The van der Waals surface area contributed by atoms with Crippen molar-refractivity contribution in [2.24, 2.45) is 22.7 Å². The Balaban J connectivity index is 1.59. The highest BCUT2D eigenvalue weighted by Gasteiger charge is 2.75.